The minimum Gasteiger partial charge on any atom is -0.329 e. The molecule has 0 saturated heterocycles. The van der Waals surface area contributed by atoms with E-state index in [9.17, 15) is 0 Å². The first-order valence-corrected chi connectivity index (χ1v) is 4.59. The van der Waals surface area contributed by atoms with Gasteiger partial charge in [0.15, 0.2) is 0 Å². The van der Waals surface area contributed by atoms with Crippen LogP contribution < -0.4 is 11.5 Å². The highest BCUT2D eigenvalue weighted by Crippen LogP contribution is 2.22. The van der Waals surface area contributed by atoms with Crippen LogP contribution in [-0.4, -0.2) is 11.5 Å². The van der Waals surface area contributed by atoms with Gasteiger partial charge < -0.3 is 11.5 Å². The van der Waals surface area contributed by atoms with E-state index >= 15 is 0 Å². The lowest BCUT2D eigenvalue weighted by Gasteiger charge is -2.09. The van der Waals surface area contributed by atoms with E-state index in [1.54, 1.807) is 12.3 Å². The Hall–Kier alpha value is -0.160. The van der Waals surface area contributed by atoms with Gasteiger partial charge in [-0.1, -0.05) is 11.6 Å². The van der Waals surface area contributed by atoms with Crippen LogP contribution in [0.1, 0.15) is 11.7 Å². The van der Waals surface area contributed by atoms with Crippen molar-refractivity contribution in [1.29, 1.82) is 0 Å². The Kier molecular flexibility index (Phi) is 3.46. The molecule has 0 spiro atoms. The highest BCUT2D eigenvalue weighted by atomic mass is 79.9. The van der Waals surface area contributed by atoms with Gasteiger partial charge >= 0.3 is 0 Å². The van der Waals surface area contributed by atoms with Crippen LogP contribution in [0.4, 0.5) is 0 Å². The van der Waals surface area contributed by atoms with Crippen LogP contribution in [0.5, 0.6) is 0 Å². The largest absolute Gasteiger partial charge is 0.329 e. The molecule has 5 heteroatoms. The summed E-state index contributed by atoms with van der Waals surface area (Å²) in [6.07, 6.45) is 1.65. The second kappa shape index (κ2) is 4.18. The first-order chi connectivity index (χ1) is 5.65. The molecule has 0 aliphatic rings. The van der Waals surface area contributed by atoms with Gasteiger partial charge in [-0.25, -0.2) is 0 Å². The van der Waals surface area contributed by atoms with Crippen LogP contribution in [0.2, 0.25) is 5.02 Å². The van der Waals surface area contributed by atoms with Crippen LogP contribution in [0.3, 0.4) is 0 Å². The number of nitrogens with zero attached hydrogens (tertiary/aromatic N) is 1. The third-order valence-electron chi connectivity index (χ3n) is 1.44. The van der Waals surface area contributed by atoms with Crippen LogP contribution >= 0.6 is 27.5 Å². The molecule has 0 unspecified atom stereocenters. The molecule has 1 aromatic heterocycles. The number of hydrogen-bond acceptors (Lipinski definition) is 3. The third kappa shape index (κ3) is 2.17. The fraction of sp³-hybridized carbons (Fsp3) is 0.286. The molecule has 66 valence electrons. The van der Waals surface area contributed by atoms with Crippen molar-refractivity contribution >= 4 is 27.5 Å². The lowest BCUT2D eigenvalue weighted by Crippen LogP contribution is -2.22. The van der Waals surface area contributed by atoms with Crippen LogP contribution in [0, 0.1) is 0 Å². The van der Waals surface area contributed by atoms with Crippen molar-refractivity contribution in [2.45, 2.75) is 6.04 Å². The maximum absolute atomic E-state index is 5.88. The van der Waals surface area contributed by atoms with Gasteiger partial charge in [-0.3, -0.25) is 4.98 Å². The van der Waals surface area contributed by atoms with Gasteiger partial charge in [0.05, 0.1) is 16.8 Å². The van der Waals surface area contributed by atoms with Crippen LogP contribution in [-0.2, 0) is 0 Å². The average molecular weight is 251 g/mol. The van der Waals surface area contributed by atoms with E-state index in [1.165, 1.54) is 0 Å². The number of pyridine rings is 1. The van der Waals surface area contributed by atoms with Crippen molar-refractivity contribution in [2.75, 3.05) is 6.54 Å². The van der Waals surface area contributed by atoms with Crippen molar-refractivity contribution in [3.05, 3.63) is 27.5 Å². The minimum atomic E-state index is -0.286. The summed E-state index contributed by atoms with van der Waals surface area (Å²) in [4.78, 5) is 4.06. The summed E-state index contributed by atoms with van der Waals surface area (Å²) in [6, 6.07) is 1.46. The van der Waals surface area contributed by atoms with Crippen molar-refractivity contribution in [1.82, 2.24) is 4.98 Å². The molecule has 1 rings (SSSR count). The third-order valence-corrected chi connectivity index (χ3v) is 2.18. The smallest absolute Gasteiger partial charge is 0.0770 e. The predicted octanol–water partition coefficient (Wildman–Crippen LogP) is 1.46. The predicted molar refractivity (Wildman–Crippen MR) is 52.9 cm³/mol. The summed E-state index contributed by atoms with van der Waals surface area (Å²) in [5, 5.41) is 0.544. The second-order valence-corrected chi connectivity index (χ2v) is 3.69. The minimum absolute atomic E-state index is 0.286. The molecule has 0 amide bonds. The van der Waals surface area contributed by atoms with Gasteiger partial charge in [0.2, 0.25) is 0 Å². The van der Waals surface area contributed by atoms with Gasteiger partial charge in [-0.15, -0.1) is 0 Å². The first kappa shape index (κ1) is 9.92. The van der Waals surface area contributed by atoms with E-state index in [-0.39, 0.29) is 6.04 Å². The number of hydrogen-bond donors (Lipinski definition) is 2. The zero-order valence-electron chi connectivity index (χ0n) is 6.30. The summed E-state index contributed by atoms with van der Waals surface area (Å²) in [5.41, 5.74) is 11.7. The molecule has 0 aliphatic carbocycles. The van der Waals surface area contributed by atoms with Crippen LogP contribution in [0.15, 0.2) is 16.7 Å². The number of halogens is 2. The average Bonchev–Trinajstić information content (AvgIpc) is 2.03. The Morgan fingerprint density at radius 2 is 2.33 bits per heavy atom. The summed E-state index contributed by atoms with van der Waals surface area (Å²) < 4.78 is 0.834. The van der Waals surface area contributed by atoms with Gasteiger partial charge in [0.25, 0.3) is 0 Å². The molecular formula is C7H9BrClN3. The standard InChI is InChI=1S/C7H9BrClN3/c8-4-1-5(9)7(12-3-4)6(11)2-10/h1,3,6H,2,10-11H2/t6-/m1/s1. The topological polar surface area (TPSA) is 64.9 Å². The molecular weight excluding hydrogens is 241 g/mol. The molecule has 0 aliphatic heterocycles. The van der Waals surface area contributed by atoms with E-state index in [4.69, 9.17) is 23.1 Å². The molecule has 3 nitrogen and oxygen atoms in total. The first-order valence-electron chi connectivity index (χ1n) is 3.41. The van der Waals surface area contributed by atoms with E-state index in [0.717, 1.165) is 4.47 Å². The molecule has 0 fully saturated rings. The lowest BCUT2D eigenvalue weighted by atomic mass is 10.2. The van der Waals surface area contributed by atoms with Gasteiger partial charge in [0, 0.05) is 17.2 Å². The summed E-state index contributed by atoms with van der Waals surface area (Å²) in [7, 11) is 0. The molecule has 12 heavy (non-hydrogen) atoms. The van der Waals surface area contributed by atoms with Crippen molar-refractivity contribution in [2.24, 2.45) is 11.5 Å². The zero-order valence-corrected chi connectivity index (χ0v) is 8.64. The monoisotopic (exact) mass is 249 g/mol. The Labute approximate surface area is 84.2 Å². The number of rotatable bonds is 2. The molecule has 0 aromatic carbocycles. The molecule has 1 atom stereocenters. The summed E-state index contributed by atoms with van der Waals surface area (Å²) >= 11 is 9.12. The van der Waals surface area contributed by atoms with Crippen molar-refractivity contribution < 1.29 is 0 Å². The second-order valence-electron chi connectivity index (χ2n) is 2.36. The maximum atomic E-state index is 5.88. The zero-order chi connectivity index (χ0) is 9.14. The van der Waals surface area contributed by atoms with E-state index < -0.39 is 0 Å². The quantitative estimate of drug-likeness (QED) is 0.835. The van der Waals surface area contributed by atoms with Gasteiger partial charge in [-0.05, 0) is 22.0 Å². The molecule has 4 N–H and O–H groups in total. The number of aromatic nitrogens is 1. The summed E-state index contributed by atoms with van der Waals surface area (Å²) in [6.45, 7) is 0.342. The Morgan fingerprint density at radius 1 is 1.67 bits per heavy atom. The molecule has 0 radical (unpaired) electrons. The molecule has 0 saturated carbocycles. The highest BCUT2D eigenvalue weighted by Gasteiger charge is 2.09. The Balaban J connectivity index is 3.01. The fourth-order valence-corrected chi connectivity index (χ4v) is 1.58. The normalized spacial score (nSPS) is 13.0. The van der Waals surface area contributed by atoms with E-state index in [2.05, 4.69) is 20.9 Å². The Morgan fingerprint density at radius 3 is 2.83 bits per heavy atom. The van der Waals surface area contributed by atoms with Crippen LogP contribution in [0.25, 0.3) is 0 Å². The molecule has 0 bridgehead atoms. The summed E-state index contributed by atoms with van der Waals surface area (Å²) in [5.74, 6) is 0. The maximum Gasteiger partial charge on any atom is 0.0770 e. The fourth-order valence-electron chi connectivity index (χ4n) is 0.810. The lowest BCUT2D eigenvalue weighted by molar-refractivity contribution is 0.711. The van der Waals surface area contributed by atoms with Crippen molar-refractivity contribution in [3.8, 4) is 0 Å². The van der Waals surface area contributed by atoms with Gasteiger partial charge in [0.1, 0.15) is 0 Å². The molecule has 1 heterocycles. The van der Waals surface area contributed by atoms with Gasteiger partial charge in [-0.2, -0.15) is 0 Å². The SMILES string of the molecule is NC[C@@H](N)c1ncc(Br)cc1Cl. The highest BCUT2D eigenvalue weighted by molar-refractivity contribution is 9.10. The van der Waals surface area contributed by atoms with Crippen molar-refractivity contribution in [3.63, 3.8) is 0 Å². The Bertz CT molecular complexity index is 279. The number of nitrogens with two attached hydrogens (primary N) is 2. The van der Waals surface area contributed by atoms with E-state index in [0.29, 0.717) is 17.3 Å². The molecule has 1 aromatic rings. The van der Waals surface area contributed by atoms with E-state index in [1.807, 2.05) is 0 Å².